The molecular weight excluding hydrogens is 610 g/mol. The number of rotatable bonds is 7. The molecule has 2 fully saturated rings. The number of carbonyl (C=O) groups excluding carboxylic acids is 1. The summed E-state index contributed by atoms with van der Waals surface area (Å²) in [7, 11) is 0. The van der Waals surface area contributed by atoms with Crippen molar-refractivity contribution >= 4 is 17.1 Å². The predicted molar refractivity (Wildman–Crippen MR) is 165 cm³/mol. The molecule has 8 nitrogen and oxygen atoms in total. The molecule has 4 aromatic heterocycles. The van der Waals surface area contributed by atoms with E-state index in [2.05, 4.69) is 26.5 Å². The quantitative estimate of drug-likeness (QED) is 0.135. The van der Waals surface area contributed by atoms with Crippen molar-refractivity contribution in [1.82, 2.24) is 29.2 Å². The number of Topliss-reactive ketones (excluding diaryl/α,β-unsaturated/α-hetero) is 1. The molecule has 12 heteroatoms. The third-order valence-electron chi connectivity index (χ3n) is 8.70. The summed E-state index contributed by atoms with van der Waals surface area (Å²) in [4.78, 5) is 11.3. The zero-order chi connectivity index (χ0) is 32.9. The molecule has 236 valence electrons. The van der Waals surface area contributed by atoms with E-state index >= 15 is 0 Å². The van der Waals surface area contributed by atoms with Crippen LogP contribution in [0.4, 0.5) is 17.6 Å². The van der Waals surface area contributed by atoms with Crippen LogP contribution >= 0.6 is 0 Å². The number of nitriles is 1. The molecule has 0 N–H and O–H groups in total. The van der Waals surface area contributed by atoms with Gasteiger partial charge in [-0.1, -0.05) is 36.4 Å². The number of aromatic nitrogens is 6. The van der Waals surface area contributed by atoms with E-state index in [-0.39, 0.29) is 31.5 Å². The molecule has 8 rings (SSSR count). The van der Waals surface area contributed by atoms with Crippen LogP contribution in [0.15, 0.2) is 85.2 Å². The maximum absolute atomic E-state index is 13.1. The molecule has 0 radical (unpaired) electrons. The molecule has 2 unspecified atom stereocenters. The number of hydrogen-bond donors (Lipinski definition) is 0. The molecule has 2 aliphatic carbocycles. The standard InChI is InChI=1S/C18H15F2N3O.C17H12F2N4/c1-11(24)12-2-4-13(5-3-12)14-6-7-23-16(8-14)21-22-17(23)9-15-10-18(15,19)20;18-17(19)9-14(17)8-16-22-21-15-7-13(5-6-23(15)16)12-3-1-11(10-20)2-4-12/h2-8,15H,9-10H2,1H3;1-7,14H,8-9H2. The molecule has 6 aromatic rings. The van der Waals surface area contributed by atoms with Crippen LogP contribution in [-0.2, 0) is 12.8 Å². The smallest absolute Gasteiger partial charge is 0.252 e. The second-order valence-corrected chi connectivity index (χ2v) is 12.1. The van der Waals surface area contributed by atoms with Gasteiger partial charge in [0.2, 0.25) is 0 Å². The van der Waals surface area contributed by atoms with E-state index in [1.54, 1.807) is 45.5 Å². The zero-order valence-corrected chi connectivity index (χ0v) is 25.1. The number of alkyl halides is 4. The molecule has 0 spiro atoms. The minimum atomic E-state index is -2.55. The zero-order valence-electron chi connectivity index (χ0n) is 25.1. The highest BCUT2D eigenvalue weighted by Crippen LogP contribution is 2.50. The predicted octanol–water partition coefficient (Wildman–Crippen LogP) is 7.26. The maximum Gasteiger partial charge on any atom is 0.252 e. The van der Waals surface area contributed by atoms with Crippen molar-refractivity contribution in [2.24, 2.45) is 11.8 Å². The average molecular weight is 638 g/mol. The van der Waals surface area contributed by atoms with Crippen molar-refractivity contribution in [3.05, 3.63) is 108 Å². The Bertz CT molecular complexity index is 2170. The summed E-state index contributed by atoms with van der Waals surface area (Å²) < 4.78 is 55.8. The van der Waals surface area contributed by atoms with Gasteiger partial charge in [0.25, 0.3) is 11.8 Å². The van der Waals surface area contributed by atoms with Gasteiger partial charge in [0.05, 0.1) is 11.6 Å². The van der Waals surface area contributed by atoms with Crippen LogP contribution < -0.4 is 0 Å². The largest absolute Gasteiger partial charge is 0.295 e. The summed E-state index contributed by atoms with van der Waals surface area (Å²) in [5.41, 5.74) is 6.32. The number of benzene rings is 2. The van der Waals surface area contributed by atoms with Gasteiger partial charge in [-0.25, -0.2) is 17.6 Å². The summed E-state index contributed by atoms with van der Waals surface area (Å²) in [6.07, 6.45) is 3.96. The van der Waals surface area contributed by atoms with Gasteiger partial charge in [0, 0.05) is 55.5 Å². The lowest BCUT2D eigenvalue weighted by atomic mass is 10.0. The fourth-order valence-electron chi connectivity index (χ4n) is 5.58. The van der Waals surface area contributed by atoms with E-state index in [0.29, 0.717) is 34.1 Å². The highest BCUT2D eigenvalue weighted by atomic mass is 19.3. The van der Waals surface area contributed by atoms with Crippen LogP contribution in [0.25, 0.3) is 33.5 Å². The molecule has 0 bridgehead atoms. The summed E-state index contributed by atoms with van der Waals surface area (Å²) in [6.45, 7) is 1.53. The van der Waals surface area contributed by atoms with Gasteiger partial charge in [0.1, 0.15) is 11.6 Å². The number of nitrogens with zero attached hydrogens (tertiary/aromatic N) is 7. The fourth-order valence-corrected chi connectivity index (χ4v) is 5.58. The van der Waals surface area contributed by atoms with Crippen LogP contribution in [0.3, 0.4) is 0 Å². The number of pyridine rings is 2. The number of halogens is 4. The molecule has 2 aromatic carbocycles. The summed E-state index contributed by atoms with van der Waals surface area (Å²) in [6, 6.07) is 24.2. The van der Waals surface area contributed by atoms with E-state index in [1.807, 2.05) is 48.5 Å². The molecular formula is C35H27F4N7O. The van der Waals surface area contributed by atoms with E-state index < -0.39 is 23.7 Å². The van der Waals surface area contributed by atoms with Gasteiger partial charge in [-0.05, 0) is 65.6 Å². The normalized spacial score (nSPS) is 18.7. The van der Waals surface area contributed by atoms with Gasteiger partial charge in [-0.15, -0.1) is 20.4 Å². The first kappa shape index (κ1) is 30.2. The van der Waals surface area contributed by atoms with E-state index in [4.69, 9.17) is 5.26 Å². The van der Waals surface area contributed by atoms with Crippen molar-refractivity contribution in [2.75, 3.05) is 0 Å². The Kier molecular flexibility index (Phi) is 7.34. The molecule has 0 aliphatic heterocycles. The van der Waals surface area contributed by atoms with Crippen molar-refractivity contribution in [3.8, 4) is 28.3 Å². The van der Waals surface area contributed by atoms with E-state index in [0.717, 1.165) is 22.3 Å². The monoisotopic (exact) mass is 637 g/mol. The lowest BCUT2D eigenvalue weighted by Crippen LogP contribution is -2.01. The van der Waals surface area contributed by atoms with Crippen molar-refractivity contribution < 1.29 is 22.4 Å². The van der Waals surface area contributed by atoms with Crippen molar-refractivity contribution in [3.63, 3.8) is 0 Å². The van der Waals surface area contributed by atoms with Gasteiger partial charge >= 0.3 is 0 Å². The van der Waals surface area contributed by atoms with Gasteiger partial charge in [0.15, 0.2) is 17.1 Å². The topological polar surface area (TPSA) is 101 Å². The first-order chi connectivity index (χ1) is 22.5. The summed E-state index contributed by atoms with van der Waals surface area (Å²) >= 11 is 0. The third kappa shape index (κ3) is 6.21. The highest BCUT2D eigenvalue weighted by molar-refractivity contribution is 5.94. The number of carbonyl (C=O) groups is 1. The molecule has 0 saturated heterocycles. The minimum absolute atomic E-state index is 0.0241. The van der Waals surface area contributed by atoms with Gasteiger partial charge < -0.3 is 0 Å². The van der Waals surface area contributed by atoms with Gasteiger partial charge in [-0.2, -0.15) is 5.26 Å². The van der Waals surface area contributed by atoms with Crippen molar-refractivity contribution in [1.29, 1.82) is 5.26 Å². The van der Waals surface area contributed by atoms with Crippen LogP contribution in [-0.4, -0.2) is 46.8 Å². The first-order valence-corrected chi connectivity index (χ1v) is 15.1. The van der Waals surface area contributed by atoms with Crippen LogP contribution in [0.5, 0.6) is 0 Å². The summed E-state index contributed by atoms with van der Waals surface area (Å²) in [5.74, 6) is -5.19. The number of fused-ring (bicyclic) bond motifs is 2. The first-order valence-electron chi connectivity index (χ1n) is 15.1. The molecule has 4 heterocycles. The molecule has 47 heavy (non-hydrogen) atoms. The van der Waals surface area contributed by atoms with Crippen LogP contribution in [0.1, 0.15) is 47.3 Å². The Hall–Kier alpha value is -5.44. The minimum Gasteiger partial charge on any atom is -0.295 e. The van der Waals surface area contributed by atoms with E-state index in [9.17, 15) is 22.4 Å². The molecule has 0 amide bonds. The SMILES string of the molecule is CC(=O)c1ccc(-c2ccn3c(CC4CC4(F)F)nnc3c2)cc1.N#Cc1ccc(-c2ccn3c(CC4CC4(F)F)nnc3c2)cc1. The Labute approximate surface area is 266 Å². The lowest BCUT2D eigenvalue weighted by molar-refractivity contribution is 0.0978. The fraction of sp³-hybridized carbons (Fsp3) is 0.257. The Morgan fingerprint density at radius 2 is 1.15 bits per heavy atom. The second-order valence-electron chi connectivity index (χ2n) is 12.1. The Morgan fingerprint density at radius 3 is 1.53 bits per heavy atom. The average Bonchev–Trinajstić information content (AvgIpc) is 3.67. The van der Waals surface area contributed by atoms with Crippen molar-refractivity contribution in [2.45, 2.75) is 44.5 Å². The number of hydrogen-bond acceptors (Lipinski definition) is 6. The Balaban J connectivity index is 0.000000150. The lowest BCUT2D eigenvalue weighted by Gasteiger charge is -2.04. The molecule has 2 atom stereocenters. The third-order valence-corrected chi connectivity index (χ3v) is 8.70. The number of ketones is 1. The van der Waals surface area contributed by atoms with Crippen LogP contribution in [0, 0.1) is 23.2 Å². The molecule has 2 aliphatic rings. The van der Waals surface area contributed by atoms with Crippen LogP contribution in [0.2, 0.25) is 0 Å². The highest BCUT2D eigenvalue weighted by Gasteiger charge is 2.57. The summed E-state index contributed by atoms with van der Waals surface area (Å²) in [5, 5.41) is 25.1. The molecule has 2 saturated carbocycles. The van der Waals surface area contributed by atoms with Gasteiger partial charge in [-0.3, -0.25) is 13.6 Å². The Morgan fingerprint density at radius 1 is 0.723 bits per heavy atom. The second kappa shape index (κ2) is 11.4. The van der Waals surface area contributed by atoms with E-state index in [1.165, 1.54) is 6.92 Å². The maximum atomic E-state index is 13.1.